The molecule has 2 aromatic carbocycles. The molecular formula is C15H13N3O. The summed E-state index contributed by atoms with van der Waals surface area (Å²) in [5.41, 5.74) is 2.26. The molecule has 0 unspecified atom stereocenters. The molecule has 0 aliphatic carbocycles. The Morgan fingerprint density at radius 1 is 1.05 bits per heavy atom. The number of rotatable bonds is 3. The van der Waals surface area contributed by atoms with Crippen molar-refractivity contribution in [2.24, 2.45) is 0 Å². The minimum atomic E-state index is -0.270. The van der Waals surface area contributed by atoms with E-state index in [0.29, 0.717) is 17.8 Å². The first kappa shape index (κ1) is 12.7. The second-order valence-electron chi connectivity index (χ2n) is 3.98. The Labute approximate surface area is 111 Å². The van der Waals surface area contributed by atoms with Crippen molar-refractivity contribution in [3.8, 4) is 6.07 Å². The first-order valence-corrected chi connectivity index (χ1v) is 5.87. The SMILES string of the molecule is N#Cc1ccc(NC(=O)NCc2ccccc2)cc1. The second kappa shape index (κ2) is 6.22. The van der Waals surface area contributed by atoms with E-state index in [1.807, 2.05) is 36.4 Å². The van der Waals surface area contributed by atoms with Crippen molar-refractivity contribution >= 4 is 11.7 Å². The van der Waals surface area contributed by atoms with Gasteiger partial charge in [0.1, 0.15) is 0 Å². The number of nitrogens with zero attached hydrogens (tertiary/aromatic N) is 1. The Kier molecular flexibility index (Phi) is 4.14. The molecule has 4 nitrogen and oxygen atoms in total. The number of nitrogens with one attached hydrogen (secondary N) is 2. The number of hydrogen-bond acceptors (Lipinski definition) is 2. The molecule has 0 spiro atoms. The summed E-state index contributed by atoms with van der Waals surface area (Å²) in [6.45, 7) is 0.475. The Morgan fingerprint density at radius 2 is 1.74 bits per heavy atom. The summed E-state index contributed by atoms with van der Waals surface area (Å²) in [6, 6.07) is 18.1. The molecule has 0 aliphatic rings. The van der Waals surface area contributed by atoms with Crippen molar-refractivity contribution in [3.63, 3.8) is 0 Å². The van der Waals surface area contributed by atoms with Crippen molar-refractivity contribution in [2.75, 3.05) is 5.32 Å². The Hall–Kier alpha value is -2.80. The molecule has 0 atom stereocenters. The van der Waals surface area contributed by atoms with E-state index in [0.717, 1.165) is 5.56 Å². The summed E-state index contributed by atoms with van der Waals surface area (Å²) in [7, 11) is 0. The molecule has 0 aliphatic heterocycles. The molecule has 0 saturated carbocycles. The molecule has 0 saturated heterocycles. The van der Waals surface area contributed by atoms with Crippen molar-refractivity contribution in [3.05, 3.63) is 65.7 Å². The van der Waals surface area contributed by atoms with Crippen LogP contribution in [0.4, 0.5) is 10.5 Å². The fraction of sp³-hybridized carbons (Fsp3) is 0.0667. The molecule has 19 heavy (non-hydrogen) atoms. The van der Waals surface area contributed by atoms with Crippen molar-refractivity contribution in [1.29, 1.82) is 5.26 Å². The van der Waals surface area contributed by atoms with Crippen LogP contribution in [0.15, 0.2) is 54.6 Å². The van der Waals surface area contributed by atoms with E-state index in [1.165, 1.54) is 0 Å². The number of hydrogen-bond donors (Lipinski definition) is 2. The van der Waals surface area contributed by atoms with Crippen LogP contribution in [-0.4, -0.2) is 6.03 Å². The number of benzene rings is 2. The van der Waals surface area contributed by atoms with Gasteiger partial charge in [-0.05, 0) is 29.8 Å². The highest BCUT2D eigenvalue weighted by Gasteiger charge is 2.01. The molecule has 2 rings (SSSR count). The summed E-state index contributed by atoms with van der Waals surface area (Å²) in [6.07, 6.45) is 0. The predicted molar refractivity (Wildman–Crippen MR) is 73.5 cm³/mol. The quantitative estimate of drug-likeness (QED) is 0.880. The number of anilines is 1. The van der Waals surface area contributed by atoms with Crippen molar-refractivity contribution in [1.82, 2.24) is 5.32 Å². The summed E-state index contributed by atoms with van der Waals surface area (Å²) < 4.78 is 0. The zero-order chi connectivity index (χ0) is 13.5. The standard InChI is InChI=1S/C15H13N3O/c16-10-12-6-8-14(9-7-12)18-15(19)17-11-13-4-2-1-3-5-13/h1-9H,11H2,(H2,17,18,19). The van der Waals surface area contributed by atoms with Gasteiger partial charge in [-0.25, -0.2) is 4.79 Å². The minimum absolute atomic E-state index is 0.270. The average molecular weight is 251 g/mol. The predicted octanol–water partition coefficient (Wildman–Crippen LogP) is 2.88. The van der Waals surface area contributed by atoms with Gasteiger partial charge in [0.15, 0.2) is 0 Å². The van der Waals surface area contributed by atoms with Gasteiger partial charge in [-0.15, -0.1) is 0 Å². The highest BCUT2D eigenvalue weighted by atomic mass is 16.2. The van der Waals surface area contributed by atoms with Gasteiger partial charge >= 0.3 is 6.03 Å². The molecule has 94 valence electrons. The smallest absolute Gasteiger partial charge is 0.319 e. The third kappa shape index (κ3) is 3.86. The highest BCUT2D eigenvalue weighted by Crippen LogP contribution is 2.08. The van der Waals surface area contributed by atoms with E-state index >= 15 is 0 Å². The van der Waals surface area contributed by atoms with Crippen LogP contribution in [0.3, 0.4) is 0 Å². The lowest BCUT2D eigenvalue weighted by atomic mass is 10.2. The zero-order valence-corrected chi connectivity index (χ0v) is 10.3. The van der Waals surface area contributed by atoms with Crippen LogP contribution >= 0.6 is 0 Å². The summed E-state index contributed by atoms with van der Waals surface area (Å²) in [5, 5.41) is 14.1. The molecule has 2 N–H and O–H groups in total. The van der Waals surface area contributed by atoms with Crippen LogP contribution in [0.2, 0.25) is 0 Å². The number of urea groups is 1. The van der Waals surface area contributed by atoms with Gasteiger partial charge in [0.05, 0.1) is 11.6 Å². The lowest BCUT2D eigenvalue weighted by Gasteiger charge is -2.07. The van der Waals surface area contributed by atoms with Gasteiger partial charge in [0.2, 0.25) is 0 Å². The topological polar surface area (TPSA) is 64.9 Å². The molecular weight excluding hydrogens is 238 g/mol. The maximum Gasteiger partial charge on any atom is 0.319 e. The molecule has 0 bridgehead atoms. The van der Waals surface area contributed by atoms with Crippen LogP contribution in [0.1, 0.15) is 11.1 Å². The Balaban J connectivity index is 1.86. The maximum atomic E-state index is 11.7. The lowest BCUT2D eigenvalue weighted by Crippen LogP contribution is -2.28. The first-order valence-electron chi connectivity index (χ1n) is 5.87. The van der Waals surface area contributed by atoms with Crippen LogP contribution in [-0.2, 0) is 6.54 Å². The highest BCUT2D eigenvalue weighted by molar-refractivity contribution is 5.89. The van der Waals surface area contributed by atoms with Gasteiger partial charge in [-0.3, -0.25) is 0 Å². The third-order valence-corrected chi connectivity index (χ3v) is 2.57. The number of nitriles is 1. The summed E-state index contributed by atoms with van der Waals surface area (Å²) >= 11 is 0. The van der Waals surface area contributed by atoms with Gasteiger partial charge in [-0.1, -0.05) is 30.3 Å². The fourth-order valence-corrected chi connectivity index (χ4v) is 1.58. The minimum Gasteiger partial charge on any atom is -0.334 e. The van der Waals surface area contributed by atoms with Gasteiger partial charge < -0.3 is 10.6 Å². The van der Waals surface area contributed by atoms with E-state index < -0.39 is 0 Å². The monoisotopic (exact) mass is 251 g/mol. The number of amides is 2. The van der Waals surface area contributed by atoms with Crippen molar-refractivity contribution in [2.45, 2.75) is 6.54 Å². The maximum absolute atomic E-state index is 11.7. The van der Waals surface area contributed by atoms with Gasteiger partial charge in [0, 0.05) is 12.2 Å². The number of carbonyl (C=O) groups excluding carboxylic acids is 1. The Morgan fingerprint density at radius 3 is 2.37 bits per heavy atom. The van der Waals surface area contributed by atoms with E-state index in [-0.39, 0.29) is 6.03 Å². The van der Waals surface area contributed by atoms with Crippen LogP contribution in [0.5, 0.6) is 0 Å². The van der Waals surface area contributed by atoms with Crippen LogP contribution < -0.4 is 10.6 Å². The molecule has 4 heteroatoms. The lowest BCUT2D eigenvalue weighted by molar-refractivity contribution is 0.251. The normalized spacial score (nSPS) is 9.42. The molecule has 2 amide bonds. The third-order valence-electron chi connectivity index (χ3n) is 2.57. The van der Waals surface area contributed by atoms with E-state index in [4.69, 9.17) is 5.26 Å². The van der Waals surface area contributed by atoms with E-state index in [9.17, 15) is 4.79 Å². The van der Waals surface area contributed by atoms with Crippen LogP contribution in [0.25, 0.3) is 0 Å². The zero-order valence-electron chi connectivity index (χ0n) is 10.3. The van der Waals surface area contributed by atoms with E-state index in [1.54, 1.807) is 24.3 Å². The summed E-state index contributed by atoms with van der Waals surface area (Å²) in [4.78, 5) is 11.7. The fourth-order valence-electron chi connectivity index (χ4n) is 1.58. The van der Waals surface area contributed by atoms with Gasteiger partial charge in [-0.2, -0.15) is 5.26 Å². The molecule has 2 aromatic rings. The van der Waals surface area contributed by atoms with Gasteiger partial charge in [0.25, 0.3) is 0 Å². The first-order chi connectivity index (χ1) is 9.28. The molecule has 0 radical (unpaired) electrons. The van der Waals surface area contributed by atoms with Crippen LogP contribution in [0, 0.1) is 11.3 Å². The average Bonchev–Trinajstić information content (AvgIpc) is 2.47. The molecule has 0 aromatic heterocycles. The molecule has 0 fully saturated rings. The number of carbonyl (C=O) groups is 1. The molecule has 0 heterocycles. The van der Waals surface area contributed by atoms with E-state index in [2.05, 4.69) is 10.6 Å². The summed E-state index contributed by atoms with van der Waals surface area (Å²) in [5.74, 6) is 0. The Bertz CT molecular complexity index is 585. The van der Waals surface area contributed by atoms with Crippen molar-refractivity contribution < 1.29 is 4.79 Å². The second-order valence-corrected chi connectivity index (χ2v) is 3.98. The largest absolute Gasteiger partial charge is 0.334 e.